The molecule has 1 aromatic heterocycles. The van der Waals surface area contributed by atoms with Crippen molar-refractivity contribution in [2.45, 2.75) is 20.5 Å². The lowest BCUT2D eigenvalue weighted by atomic mass is 10.0. The summed E-state index contributed by atoms with van der Waals surface area (Å²) in [5.74, 6) is -3.22. The van der Waals surface area contributed by atoms with Gasteiger partial charge in [-0.05, 0) is 55.3 Å². The number of urea groups is 1. The second kappa shape index (κ2) is 9.47. The number of carboxylic acid groups (broad SMARTS) is 1. The number of aliphatic hydroxyl groups excluding tert-OH is 1. The zero-order valence-corrected chi connectivity index (χ0v) is 19.2. The molecule has 2 aromatic carbocycles. The van der Waals surface area contributed by atoms with E-state index in [1.807, 2.05) is 0 Å². The number of benzene rings is 2. The summed E-state index contributed by atoms with van der Waals surface area (Å²) < 4.78 is 14.8. The van der Waals surface area contributed by atoms with Gasteiger partial charge < -0.3 is 25.8 Å². The molecule has 0 atom stereocenters. The average Bonchev–Trinajstić information content (AvgIpc) is 3.28. The predicted octanol–water partition coefficient (Wildman–Crippen LogP) is 3.42. The number of hydrogen-bond donors (Lipinski definition) is 6. The van der Waals surface area contributed by atoms with Crippen LogP contribution in [-0.2, 0) is 11.4 Å². The number of imide groups is 1. The molecule has 0 spiro atoms. The van der Waals surface area contributed by atoms with Gasteiger partial charge in [-0.15, -0.1) is 0 Å². The number of carbonyl (C=O) groups is 4. The molecule has 0 aliphatic carbocycles. The zero-order valence-electron chi connectivity index (χ0n) is 19.2. The fourth-order valence-corrected chi connectivity index (χ4v) is 3.92. The van der Waals surface area contributed by atoms with E-state index in [2.05, 4.69) is 20.9 Å². The fourth-order valence-electron chi connectivity index (χ4n) is 3.92. The van der Waals surface area contributed by atoms with Crippen LogP contribution in [0.25, 0.3) is 11.6 Å². The number of anilines is 2. The van der Waals surface area contributed by atoms with Crippen molar-refractivity contribution >= 4 is 46.8 Å². The number of amides is 4. The maximum Gasteiger partial charge on any atom is 0.337 e. The molecule has 1 aliphatic heterocycles. The molecular formula is C25H21FN4O6. The first-order valence-corrected chi connectivity index (χ1v) is 10.7. The number of rotatable bonds is 5. The number of carboxylic acids is 1. The Morgan fingerprint density at radius 3 is 2.42 bits per heavy atom. The van der Waals surface area contributed by atoms with E-state index in [9.17, 15) is 28.7 Å². The molecular weight excluding hydrogens is 471 g/mol. The third kappa shape index (κ3) is 4.59. The predicted molar refractivity (Wildman–Crippen MR) is 129 cm³/mol. The van der Waals surface area contributed by atoms with E-state index in [4.69, 9.17) is 5.11 Å². The third-order valence-corrected chi connectivity index (χ3v) is 5.74. The lowest BCUT2D eigenvalue weighted by molar-refractivity contribution is -0.110. The summed E-state index contributed by atoms with van der Waals surface area (Å²) in [6, 6.07) is 7.22. The van der Waals surface area contributed by atoms with Crippen molar-refractivity contribution in [3.05, 3.63) is 81.4 Å². The van der Waals surface area contributed by atoms with Crippen LogP contribution < -0.4 is 16.0 Å². The quantitative estimate of drug-likeness (QED) is 0.299. The normalized spacial score (nSPS) is 13.3. The van der Waals surface area contributed by atoms with Gasteiger partial charge in [0.25, 0.3) is 11.8 Å². The van der Waals surface area contributed by atoms with Crippen LogP contribution >= 0.6 is 0 Å². The number of aromatic carboxylic acids is 1. The molecule has 10 nitrogen and oxygen atoms in total. The molecule has 6 N–H and O–H groups in total. The lowest BCUT2D eigenvalue weighted by Gasteiger charge is -2.10. The van der Waals surface area contributed by atoms with Crippen LogP contribution in [0.5, 0.6) is 0 Å². The van der Waals surface area contributed by atoms with E-state index in [0.29, 0.717) is 22.5 Å². The van der Waals surface area contributed by atoms with Gasteiger partial charge in [-0.1, -0.05) is 12.1 Å². The Morgan fingerprint density at radius 1 is 1.11 bits per heavy atom. The number of aliphatic hydroxyl groups is 1. The Kier molecular flexibility index (Phi) is 6.41. The molecule has 11 heteroatoms. The number of aromatic amines is 1. The summed E-state index contributed by atoms with van der Waals surface area (Å²) in [7, 11) is 0. The Hall–Kier alpha value is -4.77. The van der Waals surface area contributed by atoms with Crippen LogP contribution in [0.4, 0.5) is 20.6 Å². The molecule has 4 rings (SSSR count). The van der Waals surface area contributed by atoms with E-state index in [1.54, 1.807) is 13.8 Å². The molecule has 0 saturated carbocycles. The van der Waals surface area contributed by atoms with Crippen molar-refractivity contribution in [3.63, 3.8) is 0 Å². The Morgan fingerprint density at radius 2 is 1.81 bits per heavy atom. The van der Waals surface area contributed by atoms with Crippen LogP contribution in [0.2, 0.25) is 0 Å². The smallest absolute Gasteiger partial charge is 0.337 e. The summed E-state index contributed by atoms with van der Waals surface area (Å²) >= 11 is 0. The SMILES string of the molecule is Cc1[nH]c(C=C2C(=O)Nc3cc(NC(=O)NC(=O)c4ccc(CO)cc4)c(F)cc32)c(C)c1C(=O)O. The van der Waals surface area contributed by atoms with Gasteiger partial charge in [-0.25, -0.2) is 14.0 Å². The minimum absolute atomic E-state index is 0.0936. The molecule has 0 bridgehead atoms. The highest BCUT2D eigenvalue weighted by Gasteiger charge is 2.28. The second-order valence-corrected chi connectivity index (χ2v) is 8.12. The van der Waals surface area contributed by atoms with Gasteiger partial charge in [0.05, 0.1) is 29.1 Å². The van der Waals surface area contributed by atoms with E-state index < -0.39 is 29.6 Å². The second-order valence-electron chi connectivity index (χ2n) is 8.12. The number of hydrogen-bond acceptors (Lipinski definition) is 5. The first kappa shape index (κ1) is 24.4. The number of aryl methyl sites for hydroxylation is 1. The summed E-state index contributed by atoms with van der Waals surface area (Å²) in [5.41, 5.74) is 2.40. The van der Waals surface area contributed by atoms with Crippen LogP contribution in [-0.4, -0.2) is 39.0 Å². The summed E-state index contributed by atoms with van der Waals surface area (Å²) in [6.07, 6.45) is 1.44. The van der Waals surface area contributed by atoms with Crippen molar-refractivity contribution in [1.29, 1.82) is 0 Å². The van der Waals surface area contributed by atoms with E-state index in [0.717, 1.165) is 6.07 Å². The largest absolute Gasteiger partial charge is 0.478 e. The number of carbonyl (C=O) groups excluding carboxylic acids is 3. The third-order valence-electron chi connectivity index (χ3n) is 5.74. The molecule has 36 heavy (non-hydrogen) atoms. The van der Waals surface area contributed by atoms with Crippen molar-refractivity contribution in [3.8, 4) is 0 Å². The van der Waals surface area contributed by atoms with Gasteiger partial charge in [0.1, 0.15) is 5.82 Å². The molecule has 4 amide bonds. The molecule has 0 fully saturated rings. The number of fused-ring (bicyclic) bond motifs is 1. The molecule has 0 radical (unpaired) electrons. The van der Waals surface area contributed by atoms with Crippen molar-refractivity contribution in [2.75, 3.05) is 10.6 Å². The molecule has 0 saturated heterocycles. The summed E-state index contributed by atoms with van der Waals surface area (Å²) in [4.78, 5) is 51.5. The average molecular weight is 492 g/mol. The maximum absolute atomic E-state index is 14.8. The molecule has 0 unspecified atom stereocenters. The molecule has 1 aliphatic rings. The highest BCUT2D eigenvalue weighted by molar-refractivity contribution is 6.35. The summed E-state index contributed by atoms with van der Waals surface area (Å²) in [6.45, 7) is 3.00. The molecule has 184 valence electrons. The monoisotopic (exact) mass is 492 g/mol. The van der Waals surface area contributed by atoms with Gasteiger partial charge in [0.2, 0.25) is 0 Å². The first-order chi connectivity index (χ1) is 17.1. The Bertz CT molecular complexity index is 1460. The van der Waals surface area contributed by atoms with Crippen LogP contribution in [0, 0.1) is 19.7 Å². The van der Waals surface area contributed by atoms with Gasteiger partial charge in [0.15, 0.2) is 0 Å². The van der Waals surface area contributed by atoms with E-state index in [1.165, 1.54) is 36.4 Å². The number of H-pyrrole nitrogens is 1. The number of aromatic nitrogens is 1. The first-order valence-electron chi connectivity index (χ1n) is 10.7. The lowest BCUT2D eigenvalue weighted by Crippen LogP contribution is -2.34. The van der Waals surface area contributed by atoms with Gasteiger partial charge >= 0.3 is 12.0 Å². The van der Waals surface area contributed by atoms with Gasteiger partial charge in [-0.3, -0.25) is 14.9 Å². The topological polar surface area (TPSA) is 161 Å². The highest BCUT2D eigenvalue weighted by Crippen LogP contribution is 2.37. The van der Waals surface area contributed by atoms with Crippen molar-refractivity contribution < 1.29 is 33.8 Å². The Labute approximate surface area is 203 Å². The van der Waals surface area contributed by atoms with Gasteiger partial charge in [0, 0.05) is 22.5 Å². The van der Waals surface area contributed by atoms with Crippen LogP contribution in [0.3, 0.4) is 0 Å². The minimum atomic E-state index is -1.11. The number of halogens is 1. The maximum atomic E-state index is 14.8. The van der Waals surface area contributed by atoms with Crippen molar-refractivity contribution in [2.24, 2.45) is 0 Å². The van der Waals surface area contributed by atoms with Crippen LogP contribution in [0.1, 0.15) is 48.8 Å². The molecule has 2 heterocycles. The highest BCUT2D eigenvalue weighted by atomic mass is 19.1. The zero-order chi connectivity index (χ0) is 26.1. The van der Waals surface area contributed by atoms with E-state index in [-0.39, 0.29) is 40.2 Å². The standard InChI is InChI=1S/C25H21FN4O6/c1-11-18(27-12(2)21(11)24(34)35)8-16-15-7-17(26)20(9-19(15)28-23(16)33)29-25(36)30-22(32)14-5-3-13(10-31)4-6-14/h3-9,27,31H,10H2,1-2H3,(H,28,33)(H,34,35)(H2,29,30,32,36). The minimum Gasteiger partial charge on any atom is -0.478 e. The Balaban J connectivity index is 1.55. The van der Waals surface area contributed by atoms with Gasteiger partial charge in [-0.2, -0.15) is 0 Å². The number of nitrogens with one attached hydrogen (secondary N) is 4. The fraction of sp³-hybridized carbons (Fsp3) is 0.120. The van der Waals surface area contributed by atoms with E-state index >= 15 is 0 Å². The summed E-state index contributed by atoms with van der Waals surface area (Å²) in [5, 5.41) is 25.4. The van der Waals surface area contributed by atoms with Crippen molar-refractivity contribution in [1.82, 2.24) is 10.3 Å². The van der Waals surface area contributed by atoms with Crippen LogP contribution in [0.15, 0.2) is 36.4 Å². The molecule has 3 aromatic rings.